The molecule has 290 valence electrons. The maximum absolute atomic E-state index is 13.3. The van der Waals surface area contributed by atoms with E-state index in [1.807, 2.05) is 0 Å². The lowest BCUT2D eigenvalue weighted by Crippen LogP contribution is -2.59. The Morgan fingerprint density at radius 2 is 1.33 bits per heavy atom. The lowest BCUT2D eigenvalue weighted by molar-refractivity contribution is -0.138. The zero-order valence-electron chi connectivity index (χ0n) is 28.9. The number of primary amides is 1. The Hall–Kier alpha value is -4.70. The summed E-state index contributed by atoms with van der Waals surface area (Å²) in [5.41, 5.74) is 27.1. The molecule has 0 aliphatic heterocycles. The fourth-order valence-corrected chi connectivity index (χ4v) is 4.59. The van der Waals surface area contributed by atoms with Crippen LogP contribution in [-0.2, 0) is 38.4 Å². The molecule has 21 nitrogen and oxygen atoms in total. The van der Waals surface area contributed by atoms with Crippen LogP contribution in [0.2, 0.25) is 0 Å². The summed E-state index contributed by atoms with van der Waals surface area (Å²) >= 11 is 4.14. The van der Waals surface area contributed by atoms with Crippen LogP contribution in [-0.4, -0.2) is 121 Å². The highest BCUT2D eigenvalue weighted by Crippen LogP contribution is 2.09. The van der Waals surface area contributed by atoms with Crippen LogP contribution in [0.5, 0.6) is 0 Å². The van der Waals surface area contributed by atoms with Gasteiger partial charge < -0.3 is 65.7 Å². The molecular weight excluding hydrogens is 692 g/mol. The second kappa shape index (κ2) is 25.3. The Morgan fingerprint density at radius 1 is 0.745 bits per heavy atom. The first-order valence-corrected chi connectivity index (χ1v) is 17.0. The summed E-state index contributed by atoms with van der Waals surface area (Å²) in [5.74, 6) is -7.76. The van der Waals surface area contributed by atoms with Crippen molar-refractivity contribution in [2.24, 2.45) is 39.6 Å². The second-order valence-electron chi connectivity index (χ2n) is 11.6. The lowest BCUT2D eigenvalue weighted by atomic mass is 9.98. The summed E-state index contributed by atoms with van der Waals surface area (Å²) in [6, 6.07) is -6.09. The Bertz CT molecular complexity index is 1240. The minimum atomic E-state index is -1.46. The van der Waals surface area contributed by atoms with Gasteiger partial charge in [-0.2, -0.15) is 12.6 Å². The number of carboxylic acids is 1. The molecule has 0 aromatic rings. The average Bonchev–Trinajstić information content (AvgIpc) is 3.07. The highest BCUT2D eigenvalue weighted by Gasteiger charge is 2.32. The molecule has 0 aromatic heterocycles. The summed E-state index contributed by atoms with van der Waals surface area (Å²) in [5, 5.41) is 23.2. The molecule has 6 atom stereocenters. The van der Waals surface area contributed by atoms with E-state index in [1.165, 1.54) is 0 Å². The number of guanidine groups is 1. The maximum atomic E-state index is 13.3. The van der Waals surface area contributed by atoms with Crippen LogP contribution in [0.3, 0.4) is 0 Å². The van der Waals surface area contributed by atoms with Crippen molar-refractivity contribution in [3.63, 3.8) is 0 Å². The molecule has 0 aliphatic carbocycles. The van der Waals surface area contributed by atoms with Crippen molar-refractivity contribution in [2.45, 2.75) is 89.0 Å². The molecule has 0 saturated heterocycles. The normalized spacial score (nSPS) is 14.2. The van der Waals surface area contributed by atoms with Crippen molar-refractivity contribution in [2.75, 3.05) is 31.9 Å². The third-order valence-corrected chi connectivity index (χ3v) is 7.75. The second-order valence-corrected chi connectivity index (χ2v) is 12.0. The van der Waals surface area contributed by atoms with Gasteiger partial charge in [0.2, 0.25) is 41.4 Å². The Balaban J connectivity index is 5.51. The fourth-order valence-electron chi connectivity index (χ4n) is 4.33. The zero-order valence-corrected chi connectivity index (χ0v) is 29.8. The number of thiol groups is 1. The largest absolute Gasteiger partial charge is 0.480 e. The van der Waals surface area contributed by atoms with E-state index in [1.54, 1.807) is 13.8 Å². The van der Waals surface area contributed by atoms with Gasteiger partial charge in [-0.25, -0.2) is 0 Å². The first-order chi connectivity index (χ1) is 24.0. The van der Waals surface area contributed by atoms with Crippen LogP contribution in [0.25, 0.3) is 0 Å². The number of hydrogen-bond donors (Lipinski definition) is 13. The first kappa shape index (κ1) is 46.3. The predicted octanol–water partition coefficient (Wildman–Crippen LogP) is -5.40. The molecule has 0 heterocycles. The SMILES string of the molecule is CC[C@H](C)[C@H](NC(=O)CNC(=O)[C@H](CC(N)=O)NC(=O)[C@@H](N)CCCN=C(N)N)C(=O)N[C@@H](CS)C(=O)N[C@@H](CCCCN)C(=O)NCC(=O)O. The topological polar surface area (TPSA) is 371 Å². The third kappa shape index (κ3) is 19.9. The molecule has 0 aromatic carbocycles. The van der Waals surface area contributed by atoms with E-state index in [-0.39, 0.29) is 31.1 Å². The van der Waals surface area contributed by atoms with Crippen molar-refractivity contribution in [1.29, 1.82) is 0 Å². The van der Waals surface area contributed by atoms with Gasteiger partial charge in [0.05, 0.1) is 19.0 Å². The van der Waals surface area contributed by atoms with E-state index in [4.69, 9.17) is 33.8 Å². The summed E-state index contributed by atoms with van der Waals surface area (Å²) in [6.07, 6.45) is 1.46. The van der Waals surface area contributed by atoms with E-state index < -0.39 is 103 Å². The summed E-state index contributed by atoms with van der Waals surface area (Å²) in [7, 11) is 0. The number of carbonyl (C=O) groups is 8. The van der Waals surface area contributed by atoms with Gasteiger partial charge in [-0.1, -0.05) is 20.3 Å². The monoisotopic (exact) mass is 746 g/mol. The zero-order chi connectivity index (χ0) is 39.1. The minimum Gasteiger partial charge on any atom is -0.480 e. The van der Waals surface area contributed by atoms with Crippen LogP contribution >= 0.6 is 12.6 Å². The van der Waals surface area contributed by atoms with Gasteiger partial charge in [0, 0.05) is 12.3 Å². The quantitative estimate of drug-likeness (QED) is 0.0170. The molecule has 7 amide bonds. The van der Waals surface area contributed by atoms with Gasteiger partial charge in [0.15, 0.2) is 5.96 Å². The molecule has 0 spiro atoms. The van der Waals surface area contributed by atoms with Gasteiger partial charge in [-0.15, -0.1) is 0 Å². The van der Waals surface area contributed by atoms with Crippen LogP contribution in [0, 0.1) is 5.92 Å². The Labute approximate surface area is 301 Å². The third-order valence-electron chi connectivity index (χ3n) is 7.39. The van der Waals surface area contributed by atoms with Crippen molar-refractivity contribution >= 4 is 65.9 Å². The van der Waals surface area contributed by atoms with Gasteiger partial charge in [-0.3, -0.25) is 43.3 Å². The lowest BCUT2D eigenvalue weighted by Gasteiger charge is -2.27. The van der Waals surface area contributed by atoms with E-state index in [0.29, 0.717) is 32.2 Å². The highest BCUT2D eigenvalue weighted by atomic mass is 32.1. The number of unbranched alkanes of at least 4 members (excludes halogenated alkanes) is 1. The molecule has 17 N–H and O–H groups in total. The number of hydrogen-bond acceptors (Lipinski definition) is 12. The van der Waals surface area contributed by atoms with Crippen LogP contribution < -0.4 is 60.6 Å². The summed E-state index contributed by atoms with van der Waals surface area (Å²) in [6.45, 7) is 2.64. The van der Waals surface area contributed by atoms with Crippen LogP contribution in [0.15, 0.2) is 4.99 Å². The van der Waals surface area contributed by atoms with E-state index >= 15 is 0 Å². The molecular formula is C29H54N12O9S. The fraction of sp³-hybridized carbons (Fsp3) is 0.690. The number of nitrogens with one attached hydrogen (secondary N) is 6. The van der Waals surface area contributed by atoms with Crippen LogP contribution in [0.4, 0.5) is 0 Å². The average molecular weight is 747 g/mol. The number of nitrogens with zero attached hydrogens (tertiary/aromatic N) is 1. The number of amides is 7. The Morgan fingerprint density at radius 3 is 1.88 bits per heavy atom. The van der Waals surface area contributed by atoms with E-state index in [9.17, 15) is 38.4 Å². The van der Waals surface area contributed by atoms with Gasteiger partial charge >= 0.3 is 5.97 Å². The summed E-state index contributed by atoms with van der Waals surface area (Å²) in [4.78, 5) is 103. The number of carbonyl (C=O) groups excluding carboxylic acids is 7. The Kier molecular flexibility index (Phi) is 23.0. The van der Waals surface area contributed by atoms with Crippen molar-refractivity contribution in [1.82, 2.24) is 31.9 Å². The number of carboxylic acid groups (broad SMARTS) is 1. The van der Waals surface area contributed by atoms with Gasteiger partial charge in [0.1, 0.15) is 30.7 Å². The first-order valence-electron chi connectivity index (χ1n) is 16.3. The number of aliphatic carboxylic acids is 1. The molecule has 0 saturated carbocycles. The molecule has 51 heavy (non-hydrogen) atoms. The number of nitrogens with two attached hydrogens (primary N) is 5. The molecule has 0 unspecified atom stereocenters. The van der Waals surface area contributed by atoms with Gasteiger partial charge in [-0.05, 0) is 44.6 Å². The number of rotatable bonds is 26. The molecule has 0 radical (unpaired) electrons. The summed E-state index contributed by atoms with van der Waals surface area (Å²) < 4.78 is 0. The highest BCUT2D eigenvalue weighted by molar-refractivity contribution is 7.80. The molecule has 22 heteroatoms. The van der Waals surface area contributed by atoms with Gasteiger partial charge in [0.25, 0.3) is 0 Å². The number of aliphatic imine (C=N–C) groups is 1. The molecule has 0 aliphatic rings. The van der Waals surface area contributed by atoms with E-state index in [0.717, 1.165) is 0 Å². The molecule has 0 bridgehead atoms. The minimum absolute atomic E-state index is 0.126. The molecule has 0 rings (SSSR count). The van der Waals surface area contributed by atoms with Crippen LogP contribution in [0.1, 0.15) is 58.8 Å². The smallest absolute Gasteiger partial charge is 0.322 e. The standard InChI is InChI=1S/C29H54N12O9S/c1-3-15(2)23(28(50)40-19(14-51)27(49)38-17(8-4-5-9-30)25(47)37-13-22(44)45)41-21(43)12-36-26(48)18(11-20(32)42)39-24(46)16(31)7-6-10-35-29(33)34/h15-19,23,51H,3-14,30-31H2,1-2H3,(H2,32,42)(H,36,48)(H,37,47)(H,38,49)(H,39,46)(H,40,50)(H,41,43)(H,44,45)(H4,33,34,35)/t15-,16-,17-,18-,19-,23-/m0/s1. The van der Waals surface area contributed by atoms with Crippen molar-refractivity contribution in [3.8, 4) is 0 Å². The van der Waals surface area contributed by atoms with Crippen molar-refractivity contribution in [3.05, 3.63) is 0 Å². The molecule has 0 fully saturated rings. The maximum Gasteiger partial charge on any atom is 0.322 e. The van der Waals surface area contributed by atoms with Crippen molar-refractivity contribution < 1.29 is 43.5 Å². The predicted molar refractivity (Wildman–Crippen MR) is 189 cm³/mol. The van der Waals surface area contributed by atoms with E-state index in [2.05, 4.69) is 49.5 Å².